The number of nitrogens with one attached hydrogen (secondary N) is 1. The highest BCUT2D eigenvalue weighted by Crippen LogP contribution is 2.39. The van der Waals surface area contributed by atoms with Crippen LogP contribution in [0.25, 0.3) is 11.2 Å². The van der Waals surface area contributed by atoms with Gasteiger partial charge in [0.25, 0.3) is 0 Å². The van der Waals surface area contributed by atoms with Crippen molar-refractivity contribution >= 4 is 46.4 Å². The van der Waals surface area contributed by atoms with Crippen molar-refractivity contribution in [3.8, 4) is 0 Å². The first-order chi connectivity index (χ1) is 15.3. The summed E-state index contributed by atoms with van der Waals surface area (Å²) in [5.41, 5.74) is -0.828. The van der Waals surface area contributed by atoms with Crippen LogP contribution in [0.1, 0.15) is 73.3 Å². The number of anilines is 1. The molecule has 1 saturated carbocycles. The third kappa shape index (κ3) is 4.35. The Morgan fingerprint density at radius 3 is 2.33 bits per heavy atom. The molecule has 0 aromatic carbocycles. The van der Waals surface area contributed by atoms with Gasteiger partial charge in [-0.15, -0.1) is 0 Å². The van der Waals surface area contributed by atoms with Crippen LogP contribution in [0.2, 0.25) is 5.15 Å². The molecule has 4 rings (SSSR count). The zero-order valence-electron chi connectivity index (χ0n) is 20.0. The summed E-state index contributed by atoms with van der Waals surface area (Å²) in [4.78, 5) is 53.2. The minimum absolute atomic E-state index is 0.0249. The van der Waals surface area contributed by atoms with Crippen LogP contribution in [0, 0.1) is 16.7 Å². The molecule has 2 fully saturated rings. The Hall–Kier alpha value is -2.55. The molecule has 178 valence electrons. The molecule has 1 aliphatic heterocycles. The number of fused-ring (bicyclic) bond motifs is 3. The molecule has 3 atom stereocenters. The number of imidazole rings is 1. The predicted octanol–water partition coefficient (Wildman–Crippen LogP) is 3.66. The third-order valence-corrected chi connectivity index (χ3v) is 6.62. The van der Waals surface area contributed by atoms with Crippen LogP contribution in [0.4, 0.5) is 5.95 Å². The van der Waals surface area contributed by atoms with E-state index < -0.39 is 22.6 Å². The van der Waals surface area contributed by atoms with Crippen LogP contribution in [0.3, 0.4) is 0 Å². The third-order valence-electron chi connectivity index (χ3n) is 6.36. The van der Waals surface area contributed by atoms with E-state index in [0.717, 1.165) is 24.2 Å². The first kappa shape index (κ1) is 23.6. The molecule has 1 aliphatic carbocycles. The molecule has 0 spiro atoms. The van der Waals surface area contributed by atoms with E-state index in [0.29, 0.717) is 23.5 Å². The van der Waals surface area contributed by atoms with Gasteiger partial charge in [0.15, 0.2) is 10.8 Å². The minimum atomic E-state index is -0.837. The van der Waals surface area contributed by atoms with Crippen LogP contribution in [-0.4, -0.2) is 43.3 Å². The van der Waals surface area contributed by atoms with Gasteiger partial charge in [-0.3, -0.25) is 14.4 Å². The van der Waals surface area contributed by atoms with Crippen LogP contribution < -0.4 is 10.2 Å². The number of carbonyl (C=O) groups is 3. The number of piperidine rings is 1. The van der Waals surface area contributed by atoms with E-state index >= 15 is 0 Å². The fourth-order valence-electron chi connectivity index (χ4n) is 4.60. The van der Waals surface area contributed by atoms with Gasteiger partial charge < -0.3 is 9.88 Å². The van der Waals surface area contributed by atoms with Gasteiger partial charge >= 0.3 is 0 Å². The predicted molar refractivity (Wildman–Crippen MR) is 125 cm³/mol. The van der Waals surface area contributed by atoms with Crippen LogP contribution in [0.5, 0.6) is 0 Å². The van der Waals surface area contributed by atoms with Crippen molar-refractivity contribution < 1.29 is 14.4 Å². The molecule has 0 unspecified atom stereocenters. The lowest BCUT2D eigenvalue weighted by Crippen LogP contribution is -2.50. The maximum atomic E-state index is 13.3. The number of amides is 3. The van der Waals surface area contributed by atoms with Gasteiger partial charge in [0.2, 0.25) is 23.7 Å². The zero-order valence-corrected chi connectivity index (χ0v) is 20.7. The summed E-state index contributed by atoms with van der Waals surface area (Å²) in [6, 6.07) is -0.0671. The lowest BCUT2D eigenvalue weighted by molar-refractivity contribution is -0.135. The lowest BCUT2D eigenvalue weighted by Gasteiger charge is -2.40. The number of halogens is 1. The molecule has 0 radical (unpaired) electrons. The number of carbonyl (C=O) groups excluding carboxylic acids is 3. The number of aromatic nitrogens is 4. The van der Waals surface area contributed by atoms with Crippen molar-refractivity contribution in [2.75, 3.05) is 4.90 Å². The van der Waals surface area contributed by atoms with E-state index in [1.54, 1.807) is 47.9 Å². The number of imide groups is 1. The summed E-state index contributed by atoms with van der Waals surface area (Å²) in [7, 11) is 0. The van der Waals surface area contributed by atoms with Crippen molar-refractivity contribution in [2.24, 2.45) is 16.7 Å². The topological polar surface area (TPSA) is 110 Å². The Kier molecular flexibility index (Phi) is 5.75. The lowest BCUT2D eigenvalue weighted by atomic mass is 9.77. The smallest absolute Gasteiger partial charge is 0.242 e. The Bertz CT molecular complexity index is 1100. The second kappa shape index (κ2) is 8.04. The molecular weight excluding hydrogens is 444 g/mol. The molecule has 2 aliphatic rings. The van der Waals surface area contributed by atoms with Gasteiger partial charge in [0.1, 0.15) is 5.52 Å². The molecule has 2 aromatic heterocycles. The maximum Gasteiger partial charge on any atom is 0.242 e. The quantitative estimate of drug-likeness (QED) is 0.665. The molecule has 2 aromatic rings. The van der Waals surface area contributed by atoms with Crippen LogP contribution >= 0.6 is 11.6 Å². The van der Waals surface area contributed by atoms with E-state index in [4.69, 9.17) is 11.6 Å². The van der Waals surface area contributed by atoms with Crippen LogP contribution in [-0.2, 0) is 14.4 Å². The van der Waals surface area contributed by atoms with E-state index in [9.17, 15) is 14.4 Å². The average molecular weight is 475 g/mol. The molecule has 9 nitrogen and oxygen atoms in total. The van der Waals surface area contributed by atoms with Crippen molar-refractivity contribution in [3.05, 3.63) is 11.5 Å². The average Bonchev–Trinajstić information content (AvgIpc) is 3.11. The first-order valence-electron chi connectivity index (χ1n) is 11.4. The number of rotatable bonds is 2. The molecule has 1 saturated heterocycles. The number of hydrogen-bond acceptors (Lipinski definition) is 6. The summed E-state index contributed by atoms with van der Waals surface area (Å²) in [6.45, 7) is 10.5. The first-order valence-corrected chi connectivity index (χ1v) is 11.7. The standard InChI is InChI=1S/C23H31ClN6O3/c1-22(2,3)19(32)30(20(33)23(4,5)6)21-27-17(24)16-18(28-21)29(11-25-16)14-8-7-12-9-13(14)26-15(31)10-12/h11-14H,7-10H2,1-6H3,(H,26,31)/t12-,13+,14-/m1/s1. The number of nitrogens with zero attached hydrogens (tertiary/aromatic N) is 5. The highest BCUT2D eigenvalue weighted by atomic mass is 35.5. The Labute approximate surface area is 198 Å². The van der Waals surface area contributed by atoms with Gasteiger partial charge in [-0.1, -0.05) is 53.1 Å². The zero-order chi connectivity index (χ0) is 24.3. The Balaban J connectivity index is 1.82. The van der Waals surface area contributed by atoms with Gasteiger partial charge in [-0.25, -0.2) is 9.88 Å². The van der Waals surface area contributed by atoms with Crippen molar-refractivity contribution in [2.45, 2.75) is 79.3 Å². The molecule has 33 heavy (non-hydrogen) atoms. The molecule has 3 amide bonds. The highest BCUT2D eigenvalue weighted by molar-refractivity contribution is 6.33. The molecule has 10 heteroatoms. The number of hydrogen-bond donors (Lipinski definition) is 1. The van der Waals surface area contributed by atoms with E-state index in [1.165, 1.54) is 0 Å². The molecular formula is C23H31ClN6O3. The van der Waals surface area contributed by atoms with Gasteiger partial charge in [0.05, 0.1) is 12.4 Å². The fraction of sp³-hybridized carbons (Fsp3) is 0.652. The SMILES string of the molecule is CC(C)(C)C(=O)N(C(=O)C(C)(C)C)c1nc(Cl)c2ncn([C@@H]3CC[C@H]4CC(=O)N[C@H]3C4)c2n1. The van der Waals surface area contributed by atoms with E-state index in [-0.39, 0.29) is 29.1 Å². The maximum absolute atomic E-state index is 13.3. The fourth-order valence-corrected chi connectivity index (χ4v) is 4.81. The normalized spacial score (nSPS) is 23.4. The summed E-state index contributed by atoms with van der Waals surface area (Å²) in [5.74, 6) is -0.423. The van der Waals surface area contributed by atoms with Crippen molar-refractivity contribution in [1.82, 2.24) is 24.8 Å². The second-order valence-corrected chi connectivity index (χ2v) is 11.6. The molecule has 3 heterocycles. The summed E-state index contributed by atoms with van der Waals surface area (Å²) in [5, 5.41) is 3.17. The Morgan fingerprint density at radius 1 is 1.09 bits per heavy atom. The van der Waals surface area contributed by atoms with Crippen molar-refractivity contribution in [3.63, 3.8) is 0 Å². The summed E-state index contributed by atoms with van der Waals surface area (Å²) >= 11 is 6.48. The van der Waals surface area contributed by atoms with Crippen molar-refractivity contribution in [1.29, 1.82) is 0 Å². The minimum Gasteiger partial charge on any atom is -0.351 e. The molecule has 2 bridgehead atoms. The highest BCUT2D eigenvalue weighted by Gasteiger charge is 2.41. The largest absolute Gasteiger partial charge is 0.351 e. The molecule has 1 N–H and O–H groups in total. The van der Waals surface area contributed by atoms with Crippen LogP contribution in [0.15, 0.2) is 6.33 Å². The van der Waals surface area contributed by atoms with Gasteiger partial charge in [-0.2, -0.15) is 9.97 Å². The van der Waals surface area contributed by atoms with Gasteiger partial charge in [-0.05, 0) is 25.2 Å². The van der Waals surface area contributed by atoms with E-state index in [2.05, 4.69) is 20.3 Å². The summed E-state index contributed by atoms with van der Waals surface area (Å²) in [6.07, 6.45) is 4.94. The monoisotopic (exact) mass is 474 g/mol. The summed E-state index contributed by atoms with van der Waals surface area (Å²) < 4.78 is 1.90. The van der Waals surface area contributed by atoms with E-state index in [1.807, 2.05) is 4.57 Å². The van der Waals surface area contributed by atoms with Gasteiger partial charge in [0, 0.05) is 23.3 Å². The Morgan fingerprint density at radius 2 is 1.73 bits per heavy atom. The second-order valence-electron chi connectivity index (χ2n) is 11.2.